The maximum absolute atomic E-state index is 10.9. The SMILES string of the molecule is CNC(=O)C[S+]1CCCC1. The molecule has 0 atom stereocenters. The number of hydrogen-bond acceptors (Lipinski definition) is 1. The standard InChI is InChI=1S/C7H13NOS/c1-8-7(9)6-10-4-2-3-5-10/h2-6H2,1H3/p+1. The topological polar surface area (TPSA) is 29.1 Å². The first-order chi connectivity index (χ1) is 4.83. The van der Waals surface area contributed by atoms with Gasteiger partial charge >= 0.3 is 0 Å². The molecule has 0 radical (unpaired) electrons. The van der Waals surface area contributed by atoms with E-state index in [-0.39, 0.29) is 5.91 Å². The van der Waals surface area contributed by atoms with Crippen LogP contribution in [0, 0.1) is 0 Å². The van der Waals surface area contributed by atoms with Gasteiger partial charge in [-0.2, -0.15) is 0 Å². The smallest absolute Gasteiger partial charge is 0.269 e. The van der Waals surface area contributed by atoms with Crippen molar-refractivity contribution in [2.45, 2.75) is 12.8 Å². The highest BCUT2D eigenvalue weighted by Gasteiger charge is 2.26. The Morgan fingerprint density at radius 2 is 2.10 bits per heavy atom. The minimum Gasteiger partial charge on any atom is -0.355 e. The van der Waals surface area contributed by atoms with Gasteiger partial charge in [0, 0.05) is 7.05 Å². The molecule has 1 aliphatic rings. The fraction of sp³-hybridized carbons (Fsp3) is 0.857. The first-order valence-electron chi connectivity index (χ1n) is 3.67. The van der Waals surface area contributed by atoms with E-state index in [9.17, 15) is 4.79 Å². The molecule has 2 nitrogen and oxygen atoms in total. The minimum absolute atomic E-state index is 0.213. The fourth-order valence-electron chi connectivity index (χ4n) is 1.12. The Balaban J connectivity index is 2.17. The van der Waals surface area contributed by atoms with Crippen molar-refractivity contribution in [3.8, 4) is 0 Å². The Bertz CT molecular complexity index is 121. The Labute approximate surface area is 64.7 Å². The maximum Gasteiger partial charge on any atom is 0.269 e. The molecule has 0 aromatic carbocycles. The van der Waals surface area contributed by atoms with Gasteiger partial charge in [-0.05, 0) is 23.7 Å². The van der Waals surface area contributed by atoms with Gasteiger partial charge in [0.15, 0.2) is 5.75 Å². The van der Waals surface area contributed by atoms with Crippen LogP contribution in [0.4, 0.5) is 0 Å². The fourth-order valence-corrected chi connectivity index (χ4v) is 3.35. The molecule has 1 amide bonds. The summed E-state index contributed by atoms with van der Waals surface area (Å²) in [5.74, 6) is 3.56. The molecular formula is C7H14NOS+. The second kappa shape index (κ2) is 3.86. The van der Waals surface area contributed by atoms with E-state index < -0.39 is 0 Å². The van der Waals surface area contributed by atoms with E-state index in [1.165, 1.54) is 24.3 Å². The Kier molecular flexibility index (Phi) is 3.06. The average Bonchev–Trinajstić information content (AvgIpc) is 2.40. The quantitative estimate of drug-likeness (QED) is 0.572. The van der Waals surface area contributed by atoms with Crippen LogP contribution in [-0.4, -0.2) is 30.2 Å². The molecule has 0 unspecified atom stereocenters. The van der Waals surface area contributed by atoms with E-state index >= 15 is 0 Å². The molecule has 10 heavy (non-hydrogen) atoms. The van der Waals surface area contributed by atoms with E-state index in [4.69, 9.17) is 0 Å². The van der Waals surface area contributed by atoms with E-state index in [0.717, 1.165) is 5.75 Å². The Morgan fingerprint density at radius 1 is 1.50 bits per heavy atom. The molecule has 1 rings (SSSR count). The number of carbonyl (C=O) groups excluding carboxylic acids is 1. The van der Waals surface area contributed by atoms with E-state index in [1.54, 1.807) is 7.05 Å². The van der Waals surface area contributed by atoms with Crippen LogP contribution >= 0.6 is 0 Å². The van der Waals surface area contributed by atoms with E-state index in [1.807, 2.05) is 0 Å². The van der Waals surface area contributed by atoms with Gasteiger partial charge in [0.1, 0.15) is 11.5 Å². The zero-order chi connectivity index (χ0) is 7.40. The summed E-state index contributed by atoms with van der Waals surface area (Å²) in [5.41, 5.74) is 0. The van der Waals surface area contributed by atoms with Gasteiger partial charge in [-0.1, -0.05) is 0 Å². The molecular weight excluding hydrogens is 146 g/mol. The van der Waals surface area contributed by atoms with Crippen LogP contribution in [0.2, 0.25) is 0 Å². The minimum atomic E-state index is 0.213. The molecule has 3 heteroatoms. The van der Waals surface area contributed by atoms with Crippen molar-refractivity contribution in [3.63, 3.8) is 0 Å². The van der Waals surface area contributed by atoms with Crippen LogP contribution in [0.3, 0.4) is 0 Å². The van der Waals surface area contributed by atoms with Crippen LogP contribution in [0.25, 0.3) is 0 Å². The lowest BCUT2D eigenvalue weighted by molar-refractivity contribution is -0.118. The third kappa shape index (κ3) is 2.21. The van der Waals surface area contributed by atoms with E-state index in [2.05, 4.69) is 5.32 Å². The molecule has 0 aliphatic carbocycles. The van der Waals surface area contributed by atoms with Crippen molar-refractivity contribution in [2.24, 2.45) is 0 Å². The number of carbonyl (C=O) groups is 1. The van der Waals surface area contributed by atoms with Crippen LogP contribution < -0.4 is 5.32 Å². The first kappa shape index (κ1) is 7.92. The van der Waals surface area contributed by atoms with E-state index in [0.29, 0.717) is 10.9 Å². The van der Waals surface area contributed by atoms with Crippen LogP contribution in [0.1, 0.15) is 12.8 Å². The molecule has 1 aliphatic heterocycles. The molecule has 0 saturated carbocycles. The zero-order valence-electron chi connectivity index (χ0n) is 6.35. The second-order valence-electron chi connectivity index (χ2n) is 2.55. The van der Waals surface area contributed by atoms with Crippen molar-refractivity contribution in [1.29, 1.82) is 0 Å². The van der Waals surface area contributed by atoms with Crippen molar-refractivity contribution in [3.05, 3.63) is 0 Å². The molecule has 0 bridgehead atoms. The van der Waals surface area contributed by atoms with Crippen molar-refractivity contribution in [1.82, 2.24) is 5.32 Å². The lowest BCUT2D eigenvalue weighted by Crippen LogP contribution is -2.27. The molecule has 0 spiro atoms. The zero-order valence-corrected chi connectivity index (χ0v) is 7.17. The van der Waals surface area contributed by atoms with Crippen LogP contribution in [0.5, 0.6) is 0 Å². The van der Waals surface area contributed by atoms with Gasteiger partial charge in [0.25, 0.3) is 5.91 Å². The number of rotatable bonds is 2. The first-order valence-corrected chi connectivity index (χ1v) is 5.41. The summed E-state index contributed by atoms with van der Waals surface area (Å²) in [7, 11) is 2.14. The summed E-state index contributed by atoms with van der Waals surface area (Å²) in [4.78, 5) is 10.9. The molecule has 1 fully saturated rings. The average molecular weight is 160 g/mol. The third-order valence-electron chi connectivity index (χ3n) is 1.73. The monoisotopic (exact) mass is 160 g/mol. The molecule has 1 heterocycles. The molecule has 0 aromatic heterocycles. The molecule has 1 N–H and O–H groups in total. The lowest BCUT2D eigenvalue weighted by Gasteiger charge is -1.97. The summed E-state index contributed by atoms with van der Waals surface area (Å²) in [6, 6.07) is 0. The summed E-state index contributed by atoms with van der Waals surface area (Å²) >= 11 is 0. The molecule has 58 valence electrons. The van der Waals surface area contributed by atoms with Gasteiger partial charge in [-0.15, -0.1) is 0 Å². The Hall–Kier alpha value is -0.180. The highest BCUT2D eigenvalue weighted by molar-refractivity contribution is 7.97. The van der Waals surface area contributed by atoms with Gasteiger partial charge in [0.2, 0.25) is 0 Å². The number of nitrogens with one attached hydrogen (secondary N) is 1. The summed E-state index contributed by atoms with van der Waals surface area (Å²) in [5, 5.41) is 2.66. The predicted octanol–water partition coefficient (Wildman–Crippen LogP) is 0.144. The summed E-state index contributed by atoms with van der Waals surface area (Å²) < 4.78 is 0. The van der Waals surface area contributed by atoms with Crippen molar-refractivity contribution >= 4 is 16.8 Å². The van der Waals surface area contributed by atoms with Crippen molar-refractivity contribution < 1.29 is 4.79 Å². The lowest BCUT2D eigenvalue weighted by atomic mass is 10.4. The number of hydrogen-bond donors (Lipinski definition) is 1. The second-order valence-corrected chi connectivity index (χ2v) is 4.88. The normalized spacial score (nSPS) is 19.3. The third-order valence-corrected chi connectivity index (χ3v) is 4.13. The van der Waals surface area contributed by atoms with Crippen LogP contribution in [-0.2, 0) is 15.7 Å². The van der Waals surface area contributed by atoms with Crippen LogP contribution in [0.15, 0.2) is 0 Å². The van der Waals surface area contributed by atoms with Gasteiger partial charge < -0.3 is 5.32 Å². The largest absolute Gasteiger partial charge is 0.355 e. The maximum atomic E-state index is 10.9. The van der Waals surface area contributed by atoms with Gasteiger partial charge in [-0.3, -0.25) is 4.79 Å². The predicted molar refractivity (Wildman–Crippen MR) is 45.3 cm³/mol. The molecule has 0 aromatic rings. The highest BCUT2D eigenvalue weighted by Crippen LogP contribution is 2.12. The van der Waals surface area contributed by atoms with Gasteiger partial charge in [0.05, 0.1) is 0 Å². The van der Waals surface area contributed by atoms with Crippen molar-refractivity contribution in [2.75, 3.05) is 24.3 Å². The number of amides is 1. The summed E-state index contributed by atoms with van der Waals surface area (Å²) in [6.45, 7) is 0. The Morgan fingerprint density at radius 3 is 2.60 bits per heavy atom. The van der Waals surface area contributed by atoms with Gasteiger partial charge in [-0.25, -0.2) is 0 Å². The molecule has 1 saturated heterocycles. The summed E-state index contributed by atoms with van der Waals surface area (Å²) in [6.07, 6.45) is 2.67. The highest BCUT2D eigenvalue weighted by atomic mass is 32.2.